The normalized spacial score (nSPS) is 19.9. The number of hydrogen-bond donors (Lipinski definition) is 2. The van der Waals surface area contributed by atoms with Crippen molar-refractivity contribution in [2.24, 2.45) is 0 Å². The molecule has 9 heteroatoms. The maximum Gasteiger partial charge on any atom is 0.240 e. The molecule has 5 heterocycles. The average molecular weight is 596 g/mol. The minimum absolute atomic E-state index is 0.0487. The monoisotopic (exact) mass is 595 g/mol. The highest BCUT2D eigenvalue weighted by Crippen LogP contribution is 2.36. The zero-order valence-corrected chi connectivity index (χ0v) is 25.7. The van der Waals surface area contributed by atoms with E-state index in [1.807, 2.05) is 12.4 Å². The third kappa shape index (κ3) is 6.38. The Hall–Kier alpha value is -3.37. The van der Waals surface area contributed by atoms with E-state index in [-0.39, 0.29) is 24.5 Å². The number of hydrogen-bond acceptors (Lipinski definition) is 7. The van der Waals surface area contributed by atoms with Crippen LogP contribution in [0.15, 0.2) is 54.9 Å². The van der Waals surface area contributed by atoms with Crippen molar-refractivity contribution in [2.45, 2.75) is 63.7 Å². The molecule has 2 aliphatic heterocycles. The second kappa shape index (κ2) is 13.7. The van der Waals surface area contributed by atoms with Crippen LogP contribution in [0.1, 0.15) is 55.1 Å². The number of para-hydroxylation sites is 1. The SMILES string of the molecule is O=C(Cn1c2ccccc2c2ccnc(CN(CCCN3CCNCC3)C3CCCc4cccnc43)c21)NC1CCOCC1. The Bertz CT molecular complexity index is 1570. The number of amides is 1. The molecular weight excluding hydrogens is 550 g/mol. The van der Waals surface area contributed by atoms with Crippen LogP contribution >= 0.6 is 0 Å². The van der Waals surface area contributed by atoms with Crippen molar-refractivity contribution in [3.05, 3.63) is 71.8 Å². The molecule has 2 saturated heterocycles. The average Bonchev–Trinajstić information content (AvgIpc) is 3.39. The summed E-state index contributed by atoms with van der Waals surface area (Å²) in [7, 11) is 0. The largest absolute Gasteiger partial charge is 0.381 e. The summed E-state index contributed by atoms with van der Waals surface area (Å²) in [4.78, 5) is 28.6. The summed E-state index contributed by atoms with van der Waals surface area (Å²) in [6.07, 6.45) is 10.1. The highest BCUT2D eigenvalue weighted by atomic mass is 16.5. The molecule has 2 N–H and O–H groups in total. The fraction of sp³-hybridized carbons (Fsp3) is 0.514. The van der Waals surface area contributed by atoms with Crippen LogP contribution in [0.25, 0.3) is 21.8 Å². The fourth-order valence-corrected chi connectivity index (χ4v) is 7.52. The van der Waals surface area contributed by atoms with Crippen LogP contribution in [0.4, 0.5) is 0 Å². The number of nitrogens with one attached hydrogen (secondary N) is 2. The Morgan fingerprint density at radius 1 is 1.00 bits per heavy atom. The number of fused-ring (bicyclic) bond motifs is 4. The molecule has 1 aromatic carbocycles. The first-order valence-corrected chi connectivity index (χ1v) is 16.6. The number of nitrogens with zero attached hydrogens (tertiary/aromatic N) is 5. The standard InChI is InChI=1S/C35H45N7O2/c43-33(39-27-12-22-44-23-13-27)25-42-31-9-2-1-8-28(31)29-11-15-37-30(35(29)42)24-41(19-5-18-40-20-16-36-17-21-40)32-10-3-6-26-7-4-14-38-34(26)32/h1-2,4,7-9,11,14-15,27,32,36H,3,5-6,10,12-13,16-25H2,(H,39,43). The van der Waals surface area contributed by atoms with Crippen molar-refractivity contribution >= 4 is 27.7 Å². The van der Waals surface area contributed by atoms with Crippen LogP contribution in [-0.4, -0.2) is 88.8 Å². The van der Waals surface area contributed by atoms with Crippen LogP contribution in [0, 0.1) is 0 Å². The molecule has 0 spiro atoms. The second-order valence-corrected chi connectivity index (χ2v) is 12.6. The van der Waals surface area contributed by atoms with Gasteiger partial charge in [0, 0.05) is 87.2 Å². The Kier molecular flexibility index (Phi) is 9.16. The van der Waals surface area contributed by atoms with Gasteiger partial charge in [0.1, 0.15) is 6.54 Å². The molecule has 1 atom stereocenters. The van der Waals surface area contributed by atoms with Gasteiger partial charge in [0.05, 0.1) is 22.9 Å². The summed E-state index contributed by atoms with van der Waals surface area (Å²) in [6, 6.07) is 15.3. The molecule has 3 aliphatic rings. The molecule has 2 fully saturated rings. The Morgan fingerprint density at radius 2 is 1.86 bits per heavy atom. The number of rotatable bonds is 10. The zero-order chi connectivity index (χ0) is 29.7. The van der Waals surface area contributed by atoms with Crippen molar-refractivity contribution < 1.29 is 9.53 Å². The predicted molar refractivity (Wildman–Crippen MR) is 173 cm³/mol. The van der Waals surface area contributed by atoms with E-state index in [4.69, 9.17) is 14.7 Å². The number of ether oxygens (including phenoxy) is 1. The van der Waals surface area contributed by atoms with Crippen LogP contribution < -0.4 is 10.6 Å². The van der Waals surface area contributed by atoms with Crippen molar-refractivity contribution in [1.82, 2.24) is 35.0 Å². The van der Waals surface area contributed by atoms with E-state index in [0.29, 0.717) is 13.2 Å². The summed E-state index contributed by atoms with van der Waals surface area (Å²) in [5, 5.41) is 9.08. The lowest BCUT2D eigenvalue weighted by Crippen LogP contribution is -2.44. The summed E-state index contributed by atoms with van der Waals surface area (Å²) in [5.41, 5.74) is 5.78. The van der Waals surface area contributed by atoms with Gasteiger partial charge in [-0.2, -0.15) is 0 Å². The number of carbonyl (C=O) groups excluding carboxylic acids is 1. The predicted octanol–water partition coefficient (Wildman–Crippen LogP) is 4.05. The Morgan fingerprint density at radius 3 is 2.75 bits per heavy atom. The van der Waals surface area contributed by atoms with E-state index < -0.39 is 0 Å². The van der Waals surface area contributed by atoms with E-state index in [2.05, 4.69) is 67.5 Å². The van der Waals surface area contributed by atoms with Crippen LogP contribution in [-0.2, 0) is 29.0 Å². The lowest BCUT2D eigenvalue weighted by atomic mass is 9.90. The van der Waals surface area contributed by atoms with E-state index >= 15 is 0 Å². The molecule has 4 aromatic rings. The molecule has 44 heavy (non-hydrogen) atoms. The highest BCUT2D eigenvalue weighted by molar-refractivity contribution is 6.09. The summed E-state index contributed by atoms with van der Waals surface area (Å²) in [5.74, 6) is 0.0487. The molecule has 3 aromatic heterocycles. The Labute approximate surface area is 260 Å². The zero-order valence-electron chi connectivity index (χ0n) is 25.7. The molecule has 1 amide bonds. The van der Waals surface area contributed by atoms with E-state index in [1.54, 1.807) is 0 Å². The minimum Gasteiger partial charge on any atom is -0.381 e. The maximum absolute atomic E-state index is 13.5. The first-order chi connectivity index (χ1) is 21.7. The van der Waals surface area contributed by atoms with E-state index in [0.717, 1.165) is 100 Å². The van der Waals surface area contributed by atoms with Crippen molar-refractivity contribution in [1.29, 1.82) is 0 Å². The number of carbonyl (C=O) groups is 1. The van der Waals surface area contributed by atoms with Crippen molar-refractivity contribution in [2.75, 3.05) is 52.5 Å². The van der Waals surface area contributed by atoms with Crippen LogP contribution in [0.3, 0.4) is 0 Å². The van der Waals surface area contributed by atoms with Crippen LogP contribution in [0.5, 0.6) is 0 Å². The van der Waals surface area contributed by atoms with Gasteiger partial charge in [-0.05, 0) is 68.8 Å². The number of piperazine rings is 1. The molecule has 1 aliphatic carbocycles. The van der Waals surface area contributed by atoms with Gasteiger partial charge >= 0.3 is 0 Å². The van der Waals surface area contributed by atoms with Crippen LogP contribution in [0.2, 0.25) is 0 Å². The second-order valence-electron chi connectivity index (χ2n) is 12.6. The molecule has 0 radical (unpaired) electrons. The maximum atomic E-state index is 13.5. The quantitative estimate of drug-likeness (QED) is 0.286. The van der Waals surface area contributed by atoms with Gasteiger partial charge in [0.2, 0.25) is 5.91 Å². The van der Waals surface area contributed by atoms with Gasteiger partial charge < -0.3 is 24.8 Å². The molecule has 1 unspecified atom stereocenters. The number of aromatic nitrogens is 3. The highest BCUT2D eigenvalue weighted by Gasteiger charge is 2.29. The van der Waals surface area contributed by atoms with Gasteiger partial charge in [-0.15, -0.1) is 0 Å². The van der Waals surface area contributed by atoms with Gasteiger partial charge in [0.15, 0.2) is 0 Å². The molecule has 0 saturated carbocycles. The first kappa shape index (κ1) is 29.3. The van der Waals surface area contributed by atoms with Gasteiger partial charge in [-0.25, -0.2) is 0 Å². The van der Waals surface area contributed by atoms with E-state index in [1.165, 1.54) is 23.1 Å². The van der Waals surface area contributed by atoms with Crippen molar-refractivity contribution in [3.63, 3.8) is 0 Å². The van der Waals surface area contributed by atoms with Gasteiger partial charge in [0.25, 0.3) is 0 Å². The summed E-state index contributed by atoms with van der Waals surface area (Å²) < 4.78 is 7.71. The lowest BCUT2D eigenvalue weighted by Gasteiger charge is -2.36. The van der Waals surface area contributed by atoms with Crippen molar-refractivity contribution in [3.8, 4) is 0 Å². The van der Waals surface area contributed by atoms with E-state index in [9.17, 15) is 4.79 Å². The third-order valence-corrected chi connectivity index (χ3v) is 9.73. The third-order valence-electron chi connectivity index (χ3n) is 9.73. The van der Waals surface area contributed by atoms with Gasteiger partial charge in [-0.3, -0.25) is 19.7 Å². The molecule has 9 nitrogen and oxygen atoms in total. The van der Waals surface area contributed by atoms with Gasteiger partial charge in [-0.1, -0.05) is 24.3 Å². The summed E-state index contributed by atoms with van der Waals surface area (Å²) >= 11 is 0. The summed E-state index contributed by atoms with van der Waals surface area (Å²) in [6.45, 7) is 8.86. The number of pyridine rings is 2. The topological polar surface area (TPSA) is 87.6 Å². The molecule has 0 bridgehead atoms. The molecule has 232 valence electrons. The number of aryl methyl sites for hydroxylation is 1. The fourth-order valence-electron chi connectivity index (χ4n) is 7.52. The molecule has 7 rings (SSSR count). The Balaban J connectivity index is 1.21. The smallest absolute Gasteiger partial charge is 0.240 e. The lowest BCUT2D eigenvalue weighted by molar-refractivity contribution is -0.122. The number of benzene rings is 1. The first-order valence-electron chi connectivity index (χ1n) is 16.6. The molecular formula is C35H45N7O2. The minimum atomic E-state index is 0.0487.